The van der Waals surface area contributed by atoms with Crippen molar-refractivity contribution in [3.05, 3.63) is 23.5 Å². The van der Waals surface area contributed by atoms with E-state index in [-0.39, 0.29) is 30.9 Å². The molecule has 0 N–H and O–H groups in total. The summed E-state index contributed by atoms with van der Waals surface area (Å²) in [4.78, 5) is 18.7. The summed E-state index contributed by atoms with van der Waals surface area (Å²) >= 11 is 0. The molecule has 0 saturated heterocycles. The maximum atomic E-state index is 13.1. The van der Waals surface area contributed by atoms with Crippen LogP contribution in [0.2, 0.25) is 0 Å². The van der Waals surface area contributed by atoms with Crippen LogP contribution in [0.15, 0.2) is 12.4 Å². The molecule has 1 aliphatic carbocycles. The summed E-state index contributed by atoms with van der Waals surface area (Å²) in [5.41, 5.74) is 0.140. The van der Waals surface area contributed by atoms with E-state index < -0.39 is 18.4 Å². The highest BCUT2D eigenvalue weighted by molar-refractivity contribution is 5.83. The summed E-state index contributed by atoms with van der Waals surface area (Å²) in [6.45, 7) is 3.90. The molecule has 1 aromatic rings. The summed E-state index contributed by atoms with van der Waals surface area (Å²) in [6, 6.07) is 2.02. The van der Waals surface area contributed by atoms with Gasteiger partial charge in [0.1, 0.15) is 24.0 Å². The van der Waals surface area contributed by atoms with Gasteiger partial charge in [0.25, 0.3) is 0 Å². The van der Waals surface area contributed by atoms with E-state index in [2.05, 4.69) is 9.72 Å². The Morgan fingerprint density at radius 2 is 2.19 bits per heavy atom. The molecule has 1 aromatic heterocycles. The van der Waals surface area contributed by atoms with E-state index in [1.54, 1.807) is 24.9 Å². The second-order valence-electron chi connectivity index (χ2n) is 7.44. The van der Waals surface area contributed by atoms with Gasteiger partial charge in [0, 0.05) is 23.4 Å². The number of pyridine rings is 1. The van der Waals surface area contributed by atoms with E-state index in [1.807, 2.05) is 6.07 Å². The van der Waals surface area contributed by atoms with Crippen molar-refractivity contribution >= 4 is 5.91 Å². The number of hydrogen-bond acceptors (Lipinski definition) is 5. The lowest BCUT2D eigenvalue weighted by atomic mass is 9.84. The molecule has 0 spiro atoms. The minimum atomic E-state index is -4.65. The van der Waals surface area contributed by atoms with Crippen molar-refractivity contribution in [2.24, 2.45) is 17.3 Å². The molecule has 1 saturated carbocycles. The van der Waals surface area contributed by atoms with Gasteiger partial charge in [0.2, 0.25) is 5.91 Å². The minimum Gasteiger partial charge on any atom is -0.490 e. The van der Waals surface area contributed by atoms with Gasteiger partial charge in [0.05, 0.1) is 19.7 Å². The van der Waals surface area contributed by atoms with Crippen LogP contribution in [0.4, 0.5) is 13.2 Å². The highest BCUT2D eigenvalue weighted by Crippen LogP contribution is 2.52. The van der Waals surface area contributed by atoms with Crippen LogP contribution in [0, 0.1) is 28.6 Å². The molecular weight excluding hydrogens is 363 g/mol. The number of rotatable bonds is 4. The Morgan fingerprint density at radius 3 is 2.85 bits per heavy atom. The third-order valence-corrected chi connectivity index (χ3v) is 5.21. The number of carbonyl (C=O) groups excluding carboxylic acids is 1. The lowest BCUT2D eigenvalue weighted by Crippen LogP contribution is -2.43. The molecule has 0 bridgehead atoms. The smallest absolute Gasteiger partial charge is 0.490 e. The number of nitriles is 1. The molecule has 27 heavy (non-hydrogen) atoms. The number of halogens is 3. The van der Waals surface area contributed by atoms with Crippen molar-refractivity contribution in [1.29, 1.82) is 5.26 Å². The molecule has 3 rings (SSSR count). The van der Waals surface area contributed by atoms with Crippen LogP contribution in [0.1, 0.15) is 31.4 Å². The van der Waals surface area contributed by atoms with Crippen molar-refractivity contribution in [2.75, 3.05) is 19.8 Å². The quantitative estimate of drug-likeness (QED) is 0.799. The van der Waals surface area contributed by atoms with Crippen molar-refractivity contribution < 1.29 is 27.4 Å². The first-order valence-corrected chi connectivity index (χ1v) is 8.63. The van der Waals surface area contributed by atoms with E-state index in [1.165, 1.54) is 6.20 Å². The van der Waals surface area contributed by atoms with Crippen LogP contribution >= 0.6 is 0 Å². The fourth-order valence-electron chi connectivity index (χ4n) is 3.65. The van der Waals surface area contributed by atoms with Gasteiger partial charge in [-0.25, -0.2) is 0 Å². The highest BCUT2D eigenvalue weighted by Gasteiger charge is 2.53. The second-order valence-corrected chi connectivity index (χ2v) is 7.44. The van der Waals surface area contributed by atoms with E-state index in [0.29, 0.717) is 29.8 Å². The number of alkyl halides is 3. The number of aromatic nitrogens is 1. The molecule has 2 aliphatic rings. The Labute approximate surface area is 154 Å². The van der Waals surface area contributed by atoms with Gasteiger partial charge in [-0.2, -0.15) is 5.26 Å². The van der Waals surface area contributed by atoms with Crippen LogP contribution in [0.5, 0.6) is 5.75 Å². The lowest BCUT2D eigenvalue weighted by Gasteiger charge is -2.31. The average molecular weight is 383 g/mol. The Kier molecular flexibility index (Phi) is 5.04. The average Bonchev–Trinajstić information content (AvgIpc) is 3.40. The van der Waals surface area contributed by atoms with Gasteiger partial charge in [-0.05, 0) is 18.3 Å². The molecule has 6 nitrogen and oxygen atoms in total. The lowest BCUT2D eigenvalue weighted by molar-refractivity contribution is -0.326. The Hall–Kier alpha value is -2.34. The molecule has 2 heterocycles. The molecule has 0 aromatic carbocycles. The monoisotopic (exact) mass is 383 g/mol. The number of nitrogens with zero attached hydrogens (tertiary/aromatic N) is 3. The van der Waals surface area contributed by atoms with Gasteiger partial charge in [-0.3, -0.25) is 14.5 Å². The van der Waals surface area contributed by atoms with Gasteiger partial charge in [-0.1, -0.05) is 13.8 Å². The second kappa shape index (κ2) is 7.00. The van der Waals surface area contributed by atoms with Crippen LogP contribution < -0.4 is 4.74 Å². The fraction of sp³-hybridized carbons (Fsp3) is 0.611. The molecule has 1 aliphatic heterocycles. The summed E-state index contributed by atoms with van der Waals surface area (Å²) in [5, 5.41) is 9.17. The zero-order chi connectivity index (χ0) is 19.8. The topological polar surface area (TPSA) is 75.5 Å². The molecular formula is C18H20F3N3O3. The van der Waals surface area contributed by atoms with E-state index in [0.717, 1.165) is 0 Å². The van der Waals surface area contributed by atoms with Crippen LogP contribution in [0.3, 0.4) is 0 Å². The number of carbonyl (C=O) groups is 1. The first-order valence-electron chi connectivity index (χ1n) is 8.63. The fourth-order valence-corrected chi connectivity index (χ4v) is 3.65. The first kappa shape index (κ1) is 19.4. The first-order chi connectivity index (χ1) is 12.6. The number of hydrogen-bond donors (Lipinski definition) is 0. The highest BCUT2D eigenvalue weighted by atomic mass is 19.4. The Morgan fingerprint density at radius 1 is 1.44 bits per heavy atom. The van der Waals surface area contributed by atoms with Crippen LogP contribution in [-0.4, -0.2) is 41.9 Å². The summed E-state index contributed by atoms with van der Waals surface area (Å²) in [6.07, 6.45) is -1.16. The molecule has 1 fully saturated rings. The van der Waals surface area contributed by atoms with Crippen LogP contribution in [0.25, 0.3) is 0 Å². The normalized spacial score (nSPS) is 22.3. The summed E-state index contributed by atoms with van der Waals surface area (Å²) < 4.78 is 46.2. The third-order valence-electron chi connectivity index (χ3n) is 5.21. The zero-order valence-corrected chi connectivity index (χ0v) is 15.0. The number of amides is 1. The zero-order valence-electron chi connectivity index (χ0n) is 15.0. The Balaban J connectivity index is 1.69. The molecule has 146 valence electrons. The van der Waals surface area contributed by atoms with Gasteiger partial charge in [-0.15, -0.1) is 13.2 Å². The number of fused-ring (bicyclic) bond motifs is 1. The van der Waals surface area contributed by atoms with Gasteiger partial charge < -0.3 is 9.64 Å². The van der Waals surface area contributed by atoms with E-state index in [4.69, 9.17) is 10.00 Å². The molecule has 1 amide bonds. The van der Waals surface area contributed by atoms with Crippen molar-refractivity contribution in [2.45, 2.75) is 33.2 Å². The van der Waals surface area contributed by atoms with Crippen molar-refractivity contribution in [1.82, 2.24) is 9.88 Å². The molecule has 9 heteroatoms. The maximum absolute atomic E-state index is 13.1. The minimum absolute atomic E-state index is 0.152. The summed E-state index contributed by atoms with van der Waals surface area (Å²) in [7, 11) is 0. The predicted molar refractivity (Wildman–Crippen MR) is 87.2 cm³/mol. The predicted octanol–water partition coefficient (Wildman–Crippen LogP) is 2.87. The van der Waals surface area contributed by atoms with Gasteiger partial charge >= 0.3 is 6.36 Å². The van der Waals surface area contributed by atoms with Crippen molar-refractivity contribution in [3.8, 4) is 11.8 Å². The Bertz CT molecular complexity index is 773. The van der Waals surface area contributed by atoms with E-state index >= 15 is 0 Å². The number of ether oxygens (including phenoxy) is 2. The standard InChI is InChI=1S/C18H20F3N3O3/c1-17(2,14-5-11(14)10-27-18(19,20)21)16(25)24-3-4-26-15-12(6-22)7-23-8-13(15)9-24/h7-8,11,14H,3-5,9-10H2,1-2H3. The summed E-state index contributed by atoms with van der Waals surface area (Å²) in [5.74, 6) is -0.170. The largest absolute Gasteiger partial charge is 0.522 e. The molecule has 2 unspecified atom stereocenters. The van der Waals surface area contributed by atoms with Crippen LogP contribution in [-0.2, 0) is 16.1 Å². The maximum Gasteiger partial charge on any atom is 0.522 e. The SMILES string of the molecule is CC(C)(C(=O)N1CCOc2c(C#N)cncc2C1)C1CC1COC(F)(F)F. The van der Waals surface area contributed by atoms with Crippen molar-refractivity contribution in [3.63, 3.8) is 0 Å². The third kappa shape index (κ3) is 4.16. The van der Waals surface area contributed by atoms with E-state index in [9.17, 15) is 18.0 Å². The molecule has 2 atom stereocenters. The van der Waals surface area contributed by atoms with Gasteiger partial charge in [0.15, 0.2) is 0 Å². The molecule has 0 radical (unpaired) electrons.